The molecule has 1 amide bonds. The number of anilines is 1. The van der Waals surface area contributed by atoms with E-state index in [0.29, 0.717) is 17.0 Å². The zero-order valence-electron chi connectivity index (χ0n) is 11.6. The summed E-state index contributed by atoms with van der Waals surface area (Å²) in [5.41, 5.74) is 5.79. The predicted molar refractivity (Wildman–Crippen MR) is 81.4 cm³/mol. The van der Waals surface area contributed by atoms with Crippen molar-refractivity contribution in [2.45, 2.75) is 17.4 Å². The molecule has 0 saturated carbocycles. The van der Waals surface area contributed by atoms with Gasteiger partial charge in [-0.3, -0.25) is 4.79 Å². The highest BCUT2D eigenvalue weighted by Crippen LogP contribution is 2.24. The van der Waals surface area contributed by atoms with Gasteiger partial charge >= 0.3 is 0 Å². The molecule has 8 heteroatoms. The van der Waals surface area contributed by atoms with Gasteiger partial charge in [-0.25, -0.2) is 12.8 Å². The van der Waals surface area contributed by atoms with E-state index in [1.54, 1.807) is 13.1 Å². The first-order valence-corrected chi connectivity index (χ1v) is 9.23. The van der Waals surface area contributed by atoms with E-state index in [4.69, 9.17) is 5.73 Å². The molecule has 0 spiro atoms. The fourth-order valence-electron chi connectivity index (χ4n) is 2.16. The van der Waals surface area contributed by atoms with Gasteiger partial charge in [0.15, 0.2) is 9.84 Å². The number of hydrogen-bond acceptors (Lipinski definition) is 5. The third kappa shape index (κ3) is 4.10. The molecule has 2 N–H and O–H groups in total. The monoisotopic (exact) mass is 332 g/mol. The number of carbonyl (C=O) groups is 1. The lowest BCUT2D eigenvalue weighted by molar-refractivity contribution is -0.128. The molecule has 1 aromatic carbocycles. The lowest BCUT2D eigenvalue weighted by atomic mass is 10.2. The highest BCUT2D eigenvalue weighted by atomic mass is 32.2. The highest BCUT2D eigenvalue weighted by Gasteiger charge is 2.32. The van der Waals surface area contributed by atoms with E-state index < -0.39 is 15.7 Å². The van der Waals surface area contributed by atoms with E-state index in [1.165, 1.54) is 17.0 Å². The van der Waals surface area contributed by atoms with Crippen LogP contribution >= 0.6 is 11.8 Å². The average molecular weight is 332 g/mol. The topological polar surface area (TPSA) is 80.5 Å². The van der Waals surface area contributed by atoms with Gasteiger partial charge in [0.25, 0.3) is 0 Å². The Morgan fingerprint density at radius 3 is 2.81 bits per heavy atom. The van der Waals surface area contributed by atoms with Crippen LogP contribution in [0.1, 0.15) is 6.42 Å². The smallest absolute Gasteiger partial charge is 0.232 e. The first-order chi connectivity index (χ1) is 9.78. The molecule has 0 aromatic heterocycles. The first kappa shape index (κ1) is 16.1. The van der Waals surface area contributed by atoms with E-state index in [0.717, 1.165) is 11.8 Å². The van der Waals surface area contributed by atoms with Gasteiger partial charge in [0.05, 0.1) is 17.3 Å². The summed E-state index contributed by atoms with van der Waals surface area (Å²) in [5, 5.41) is 0. The second-order valence-corrected chi connectivity index (χ2v) is 8.29. The number of nitrogens with two attached hydrogens (primary N) is 1. The van der Waals surface area contributed by atoms with Gasteiger partial charge in [0.2, 0.25) is 5.91 Å². The summed E-state index contributed by atoms with van der Waals surface area (Å²) in [6.07, 6.45) is 0.464. The molecule has 1 aliphatic rings. The molecule has 1 atom stereocenters. The Morgan fingerprint density at radius 2 is 2.24 bits per heavy atom. The molecular formula is C13H17FN2O3S2. The van der Waals surface area contributed by atoms with E-state index in [1.807, 2.05) is 0 Å². The number of nitrogens with zero attached hydrogens (tertiary/aromatic N) is 1. The molecule has 1 unspecified atom stereocenters. The molecule has 1 saturated heterocycles. The van der Waals surface area contributed by atoms with Crippen LogP contribution < -0.4 is 5.73 Å². The molecule has 5 nitrogen and oxygen atoms in total. The number of halogens is 1. The van der Waals surface area contributed by atoms with E-state index in [-0.39, 0.29) is 29.2 Å². The van der Waals surface area contributed by atoms with Crippen LogP contribution in [0, 0.1) is 5.82 Å². The number of rotatable bonds is 4. The van der Waals surface area contributed by atoms with Gasteiger partial charge in [0, 0.05) is 23.7 Å². The van der Waals surface area contributed by atoms with Gasteiger partial charge in [0.1, 0.15) is 5.82 Å². The maximum Gasteiger partial charge on any atom is 0.232 e. The van der Waals surface area contributed by atoms with Gasteiger partial charge in [-0.2, -0.15) is 0 Å². The van der Waals surface area contributed by atoms with Crippen LogP contribution in [-0.4, -0.2) is 49.6 Å². The van der Waals surface area contributed by atoms with Crippen LogP contribution in [0.3, 0.4) is 0 Å². The Kier molecular flexibility index (Phi) is 4.77. The van der Waals surface area contributed by atoms with Gasteiger partial charge in [-0.15, -0.1) is 11.8 Å². The van der Waals surface area contributed by atoms with E-state index in [9.17, 15) is 17.6 Å². The van der Waals surface area contributed by atoms with Crippen molar-refractivity contribution in [2.75, 3.05) is 30.0 Å². The summed E-state index contributed by atoms with van der Waals surface area (Å²) in [6, 6.07) is 4.03. The number of benzene rings is 1. The predicted octanol–water partition coefficient (Wildman–Crippen LogP) is 1.15. The Labute approximate surface area is 127 Å². The zero-order valence-corrected chi connectivity index (χ0v) is 13.2. The molecule has 116 valence electrons. The number of sulfone groups is 1. The first-order valence-electron chi connectivity index (χ1n) is 6.42. The lowest BCUT2D eigenvalue weighted by Gasteiger charge is -2.23. The lowest BCUT2D eigenvalue weighted by Crippen LogP contribution is -2.38. The van der Waals surface area contributed by atoms with Crippen molar-refractivity contribution in [3.63, 3.8) is 0 Å². The van der Waals surface area contributed by atoms with E-state index >= 15 is 0 Å². The van der Waals surface area contributed by atoms with Crippen molar-refractivity contribution in [3.05, 3.63) is 24.0 Å². The largest absolute Gasteiger partial charge is 0.399 e. The number of hydrogen-bond donors (Lipinski definition) is 1. The number of thioether (sulfide) groups is 1. The van der Waals surface area contributed by atoms with Gasteiger partial charge < -0.3 is 10.6 Å². The summed E-state index contributed by atoms with van der Waals surface area (Å²) in [5.74, 6) is -0.476. The fraction of sp³-hybridized carbons (Fsp3) is 0.462. The Hall–Kier alpha value is -1.28. The summed E-state index contributed by atoms with van der Waals surface area (Å²) in [4.78, 5) is 13.9. The minimum absolute atomic E-state index is 0.0101. The van der Waals surface area contributed by atoms with Crippen LogP contribution in [0.15, 0.2) is 23.1 Å². The van der Waals surface area contributed by atoms with Crippen LogP contribution in [-0.2, 0) is 14.6 Å². The summed E-state index contributed by atoms with van der Waals surface area (Å²) in [6.45, 7) is 0. The molecule has 0 radical (unpaired) electrons. The van der Waals surface area contributed by atoms with Crippen molar-refractivity contribution in [1.29, 1.82) is 0 Å². The van der Waals surface area contributed by atoms with Crippen LogP contribution in [0.2, 0.25) is 0 Å². The molecule has 1 heterocycles. The number of nitrogen functional groups attached to an aromatic ring is 1. The van der Waals surface area contributed by atoms with Crippen LogP contribution in [0.5, 0.6) is 0 Å². The third-order valence-corrected chi connectivity index (χ3v) is 6.24. The third-order valence-electron chi connectivity index (χ3n) is 3.46. The van der Waals surface area contributed by atoms with Gasteiger partial charge in [-0.05, 0) is 24.6 Å². The second-order valence-electron chi connectivity index (χ2n) is 5.04. The molecule has 1 fully saturated rings. The van der Waals surface area contributed by atoms with Crippen molar-refractivity contribution in [1.82, 2.24) is 4.90 Å². The summed E-state index contributed by atoms with van der Waals surface area (Å²) >= 11 is 1.08. The molecular weight excluding hydrogens is 315 g/mol. The minimum Gasteiger partial charge on any atom is -0.399 e. The molecule has 21 heavy (non-hydrogen) atoms. The Balaban J connectivity index is 1.92. The number of amides is 1. The molecule has 2 rings (SSSR count). The van der Waals surface area contributed by atoms with Crippen LogP contribution in [0.4, 0.5) is 10.1 Å². The number of carbonyl (C=O) groups excluding carboxylic acids is 1. The summed E-state index contributed by atoms with van der Waals surface area (Å²) in [7, 11) is -1.44. The highest BCUT2D eigenvalue weighted by molar-refractivity contribution is 8.00. The molecule has 1 aliphatic heterocycles. The quantitative estimate of drug-likeness (QED) is 0.661. The second kappa shape index (κ2) is 6.23. The Bertz CT molecular complexity index is 649. The standard InChI is InChI=1S/C13H17FN2O3S2/c1-16(10-4-5-21(18,19)8-10)13(17)7-20-12-3-2-9(15)6-11(12)14/h2-3,6,10H,4-5,7-8,15H2,1H3. The van der Waals surface area contributed by atoms with Crippen molar-refractivity contribution < 1.29 is 17.6 Å². The van der Waals surface area contributed by atoms with Gasteiger partial charge in [-0.1, -0.05) is 0 Å². The normalized spacial score (nSPS) is 20.4. The fourth-order valence-corrected chi connectivity index (χ4v) is 4.78. The van der Waals surface area contributed by atoms with Crippen molar-refractivity contribution in [3.8, 4) is 0 Å². The SMILES string of the molecule is CN(C(=O)CSc1ccc(N)cc1F)C1CCS(=O)(=O)C1. The van der Waals surface area contributed by atoms with Crippen molar-refractivity contribution >= 4 is 33.2 Å². The Morgan fingerprint density at radius 1 is 1.52 bits per heavy atom. The van der Waals surface area contributed by atoms with Crippen molar-refractivity contribution in [2.24, 2.45) is 0 Å². The summed E-state index contributed by atoms with van der Waals surface area (Å²) < 4.78 is 36.4. The molecule has 1 aromatic rings. The zero-order chi connectivity index (χ0) is 15.6. The van der Waals surface area contributed by atoms with Crippen LogP contribution in [0.25, 0.3) is 0 Å². The average Bonchev–Trinajstić information content (AvgIpc) is 2.77. The maximum absolute atomic E-state index is 13.6. The van der Waals surface area contributed by atoms with E-state index in [2.05, 4.69) is 0 Å². The molecule has 0 aliphatic carbocycles. The molecule has 0 bridgehead atoms. The minimum atomic E-state index is -3.03. The maximum atomic E-state index is 13.6.